The molecule has 2 aromatic rings. The number of Topliss-reactive ketones (excluding diaryl/α,β-unsaturated/α-hetero) is 1. The lowest BCUT2D eigenvalue weighted by molar-refractivity contribution is -0.150. The van der Waals surface area contributed by atoms with Gasteiger partial charge in [0.15, 0.2) is 18.3 Å². The van der Waals surface area contributed by atoms with E-state index in [2.05, 4.69) is 5.32 Å². The molecule has 1 N–H and O–H groups in total. The molecule has 0 unspecified atom stereocenters. The predicted octanol–water partition coefficient (Wildman–Crippen LogP) is 2.43. The van der Waals surface area contributed by atoms with Crippen LogP contribution in [0.1, 0.15) is 12.5 Å². The zero-order valence-corrected chi connectivity index (χ0v) is 15.9. The monoisotopic (exact) mass is 392 g/mol. The van der Waals surface area contributed by atoms with E-state index < -0.39 is 17.9 Å². The summed E-state index contributed by atoms with van der Waals surface area (Å²) < 4.78 is 10.6. The molecule has 0 saturated carbocycles. The van der Waals surface area contributed by atoms with Crippen molar-refractivity contribution in [1.29, 1.82) is 0 Å². The minimum absolute atomic E-state index is 0.0392. The third kappa shape index (κ3) is 3.71. The summed E-state index contributed by atoms with van der Waals surface area (Å²) in [6.45, 7) is 1.79. The fourth-order valence-corrected chi connectivity index (χ4v) is 3.42. The molecule has 148 valence electrons. The van der Waals surface area contributed by atoms with Crippen LogP contribution in [0.15, 0.2) is 66.1 Å². The molecule has 0 fully saturated rings. The van der Waals surface area contributed by atoms with Crippen LogP contribution in [0.3, 0.4) is 0 Å². The topological polar surface area (TPSA) is 84.9 Å². The van der Waals surface area contributed by atoms with Gasteiger partial charge in [0.25, 0.3) is 5.91 Å². The Bertz CT molecular complexity index is 999. The summed E-state index contributed by atoms with van der Waals surface area (Å²) in [5, 5.41) is 2.91. The molecule has 0 aliphatic carbocycles. The highest BCUT2D eigenvalue weighted by Crippen LogP contribution is 2.28. The molecule has 7 heteroatoms. The van der Waals surface area contributed by atoms with E-state index in [1.165, 1.54) is 6.92 Å². The number of ketones is 1. The minimum atomic E-state index is -1.03. The number of nitrogens with one attached hydrogen (secondary N) is 1. The number of anilines is 2. The standard InChI is InChI=1S/C22H20N2O5/c1-14(21(26)24-12-11-15-7-5-6-10-17(15)24)29-22(27)19-18(25)13-28-20(19)23-16-8-3-2-4-9-16/h2-10,14,23H,11-13H2,1H3/t14-/m0/s1. The summed E-state index contributed by atoms with van der Waals surface area (Å²) >= 11 is 0. The van der Waals surface area contributed by atoms with Crippen molar-refractivity contribution >= 4 is 29.0 Å². The van der Waals surface area contributed by atoms with Crippen LogP contribution in [0.5, 0.6) is 0 Å². The third-order valence-corrected chi connectivity index (χ3v) is 4.87. The number of fused-ring (bicyclic) bond motifs is 1. The lowest BCUT2D eigenvalue weighted by Gasteiger charge is -2.21. The van der Waals surface area contributed by atoms with Crippen LogP contribution in [0.2, 0.25) is 0 Å². The molecular weight excluding hydrogens is 372 g/mol. The molecule has 0 saturated heterocycles. The summed E-state index contributed by atoms with van der Waals surface area (Å²) in [7, 11) is 0. The number of hydrogen-bond donors (Lipinski definition) is 1. The Morgan fingerprint density at radius 3 is 2.62 bits per heavy atom. The van der Waals surface area contributed by atoms with Gasteiger partial charge < -0.3 is 19.7 Å². The molecule has 0 radical (unpaired) electrons. The van der Waals surface area contributed by atoms with Crippen molar-refractivity contribution in [1.82, 2.24) is 0 Å². The summed E-state index contributed by atoms with van der Waals surface area (Å²) in [5.74, 6) is -1.65. The van der Waals surface area contributed by atoms with Crippen molar-refractivity contribution in [2.75, 3.05) is 23.4 Å². The predicted molar refractivity (Wildman–Crippen MR) is 106 cm³/mol. The molecule has 1 amide bonds. The Labute approximate surface area is 167 Å². The summed E-state index contributed by atoms with van der Waals surface area (Å²) in [4.78, 5) is 39.2. The number of esters is 1. The molecule has 1 atom stereocenters. The fraction of sp³-hybridized carbons (Fsp3) is 0.227. The second-order valence-electron chi connectivity index (χ2n) is 6.82. The van der Waals surface area contributed by atoms with Gasteiger partial charge in [0, 0.05) is 17.9 Å². The number of benzene rings is 2. The second-order valence-corrected chi connectivity index (χ2v) is 6.82. The average Bonchev–Trinajstić information content (AvgIpc) is 3.31. The molecule has 0 aromatic heterocycles. The summed E-state index contributed by atoms with van der Waals surface area (Å²) in [6.07, 6.45) is -0.280. The zero-order chi connectivity index (χ0) is 20.4. The first-order valence-corrected chi connectivity index (χ1v) is 9.37. The van der Waals surface area contributed by atoms with Gasteiger partial charge in [-0.2, -0.15) is 0 Å². The number of para-hydroxylation sites is 2. The van der Waals surface area contributed by atoms with E-state index in [0.29, 0.717) is 12.2 Å². The van der Waals surface area contributed by atoms with E-state index in [1.54, 1.807) is 17.0 Å². The Morgan fingerprint density at radius 1 is 1.10 bits per heavy atom. The summed E-state index contributed by atoms with van der Waals surface area (Å²) in [6, 6.07) is 16.7. The highest BCUT2D eigenvalue weighted by atomic mass is 16.6. The average molecular weight is 392 g/mol. The smallest absolute Gasteiger partial charge is 0.348 e. The highest BCUT2D eigenvalue weighted by molar-refractivity contribution is 6.20. The van der Waals surface area contributed by atoms with Gasteiger partial charge in [-0.05, 0) is 37.1 Å². The van der Waals surface area contributed by atoms with Crippen molar-refractivity contribution in [3.8, 4) is 0 Å². The number of carbonyl (C=O) groups excluding carboxylic acids is 3. The van der Waals surface area contributed by atoms with Crippen LogP contribution in [0.4, 0.5) is 11.4 Å². The van der Waals surface area contributed by atoms with E-state index in [0.717, 1.165) is 17.7 Å². The van der Waals surface area contributed by atoms with Gasteiger partial charge in [-0.15, -0.1) is 0 Å². The van der Waals surface area contributed by atoms with Crippen molar-refractivity contribution < 1.29 is 23.9 Å². The molecule has 2 aliphatic rings. The normalized spacial score (nSPS) is 16.3. The number of ether oxygens (including phenoxy) is 2. The van der Waals surface area contributed by atoms with Crippen LogP contribution in [0.25, 0.3) is 0 Å². The van der Waals surface area contributed by atoms with Gasteiger partial charge in [-0.1, -0.05) is 36.4 Å². The van der Waals surface area contributed by atoms with Crippen LogP contribution in [0, 0.1) is 0 Å². The number of rotatable bonds is 5. The van der Waals surface area contributed by atoms with E-state index >= 15 is 0 Å². The quantitative estimate of drug-likeness (QED) is 0.621. The van der Waals surface area contributed by atoms with Gasteiger partial charge >= 0.3 is 5.97 Å². The Morgan fingerprint density at radius 2 is 1.83 bits per heavy atom. The van der Waals surface area contributed by atoms with Crippen molar-refractivity contribution in [3.05, 3.63) is 71.6 Å². The molecule has 0 spiro atoms. The fourth-order valence-electron chi connectivity index (χ4n) is 3.42. The Hall–Kier alpha value is -3.61. The lowest BCUT2D eigenvalue weighted by Crippen LogP contribution is -2.39. The largest absolute Gasteiger partial charge is 0.470 e. The van der Waals surface area contributed by atoms with Gasteiger partial charge in [-0.3, -0.25) is 9.59 Å². The van der Waals surface area contributed by atoms with Crippen LogP contribution in [-0.4, -0.2) is 36.9 Å². The molecule has 0 bridgehead atoms. The first-order chi connectivity index (χ1) is 14.0. The molecule has 2 heterocycles. The first-order valence-electron chi connectivity index (χ1n) is 9.37. The summed E-state index contributed by atoms with van der Waals surface area (Å²) in [5.41, 5.74) is 2.36. The van der Waals surface area contributed by atoms with Gasteiger partial charge in [0.05, 0.1) is 0 Å². The maximum atomic E-state index is 12.8. The number of hydrogen-bond acceptors (Lipinski definition) is 6. The maximum Gasteiger partial charge on any atom is 0.348 e. The Kier molecular flexibility index (Phi) is 5.03. The molecule has 29 heavy (non-hydrogen) atoms. The van der Waals surface area contributed by atoms with E-state index in [-0.39, 0.29) is 24.0 Å². The molecule has 2 aromatic carbocycles. The molecule has 7 nitrogen and oxygen atoms in total. The molecule has 2 aliphatic heterocycles. The third-order valence-electron chi connectivity index (χ3n) is 4.87. The number of amides is 1. The van der Waals surface area contributed by atoms with Gasteiger partial charge in [0.2, 0.25) is 11.7 Å². The van der Waals surface area contributed by atoms with Gasteiger partial charge in [0.1, 0.15) is 0 Å². The van der Waals surface area contributed by atoms with Crippen LogP contribution in [-0.2, 0) is 30.3 Å². The van der Waals surface area contributed by atoms with E-state index in [4.69, 9.17) is 9.47 Å². The van der Waals surface area contributed by atoms with Gasteiger partial charge in [-0.25, -0.2) is 4.79 Å². The molecule has 4 rings (SSSR count). The SMILES string of the molecule is C[C@H](OC(=O)C1=C(Nc2ccccc2)OCC1=O)C(=O)N1CCc2ccccc21. The Balaban J connectivity index is 1.48. The number of carbonyl (C=O) groups is 3. The van der Waals surface area contributed by atoms with Crippen molar-refractivity contribution in [2.24, 2.45) is 0 Å². The van der Waals surface area contributed by atoms with E-state index in [1.807, 2.05) is 42.5 Å². The number of nitrogens with zero attached hydrogens (tertiary/aromatic N) is 1. The lowest BCUT2D eigenvalue weighted by atomic mass is 10.2. The first kappa shape index (κ1) is 18.7. The van der Waals surface area contributed by atoms with Crippen LogP contribution < -0.4 is 10.2 Å². The minimum Gasteiger partial charge on any atom is -0.470 e. The maximum absolute atomic E-state index is 12.8. The molecular formula is C22H20N2O5. The van der Waals surface area contributed by atoms with Crippen LogP contribution >= 0.6 is 0 Å². The highest BCUT2D eigenvalue weighted by Gasteiger charge is 2.36. The van der Waals surface area contributed by atoms with E-state index in [9.17, 15) is 14.4 Å². The van der Waals surface area contributed by atoms with Crippen molar-refractivity contribution in [2.45, 2.75) is 19.4 Å². The van der Waals surface area contributed by atoms with Crippen molar-refractivity contribution in [3.63, 3.8) is 0 Å². The second kappa shape index (κ2) is 7.79. The zero-order valence-electron chi connectivity index (χ0n) is 15.9.